The van der Waals surface area contributed by atoms with Crippen LogP contribution in [0, 0.1) is 0 Å². The molecular weight excluding hydrogens is 384 g/mol. The number of hydrogen-bond acceptors (Lipinski definition) is 4. The number of nitrogens with one attached hydrogen (secondary N) is 1. The van der Waals surface area contributed by atoms with Crippen LogP contribution in [0.4, 0.5) is 5.69 Å². The molecular formula is C20H17ClN2O3S. The number of pyridine rings is 1. The van der Waals surface area contributed by atoms with Crippen LogP contribution in [-0.4, -0.2) is 19.3 Å². The maximum atomic E-state index is 12.6. The molecule has 0 bridgehead atoms. The molecule has 0 aliphatic rings. The minimum atomic E-state index is -3.89. The van der Waals surface area contributed by atoms with E-state index in [0.717, 1.165) is 11.1 Å². The Labute approximate surface area is 162 Å². The second-order valence-corrected chi connectivity index (χ2v) is 8.46. The van der Waals surface area contributed by atoms with E-state index < -0.39 is 9.05 Å². The first-order valence-electron chi connectivity index (χ1n) is 8.24. The van der Waals surface area contributed by atoms with Gasteiger partial charge in [0.05, 0.1) is 11.9 Å². The fraction of sp³-hybridized carbons (Fsp3) is 0.100. The first-order valence-corrected chi connectivity index (χ1v) is 10.5. The van der Waals surface area contributed by atoms with Crippen molar-refractivity contribution in [2.24, 2.45) is 0 Å². The molecule has 0 saturated heterocycles. The largest absolute Gasteiger partial charge is 0.325 e. The number of aromatic nitrogens is 1. The van der Waals surface area contributed by atoms with Crippen molar-refractivity contribution < 1.29 is 13.2 Å². The third-order valence-corrected chi connectivity index (χ3v) is 5.28. The van der Waals surface area contributed by atoms with Gasteiger partial charge in [0.1, 0.15) is 0 Å². The van der Waals surface area contributed by atoms with Crippen molar-refractivity contribution in [1.82, 2.24) is 4.98 Å². The maximum absolute atomic E-state index is 12.6. The van der Waals surface area contributed by atoms with Gasteiger partial charge >= 0.3 is 0 Å². The number of anilines is 1. The molecule has 2 aromatic carbocycles. The summed E-state index contributed by atoms with van der Waals surface area (Å²) < 4.78 is 22.5. The van der Waals surface area contributed by atoms with Crippen LogP contribution in [0.25, 0.3) is 0 Å². The van der Waals surface area contributed by atoms with E-state index in [1.165, 1.54) is 18.3 Å². The molecule has 0 aliphatic heterocycles. The number of carbonyl (C=O) groups is 1. The molecule has 0 unspecified atom stereocenters. The predicted octanol–water partition coefficient (Wildman–Crippen LogP) is 4.17. The molecule has 3 aromatic rings. The summed E-state index contributed by atoms with van der Waals surface area (Å²) in [6.07, 6.45) is 1.51. The smallest absolute Gasteiger partial charge is 0.278 e. The topological polar surface area (TPSA) is 76.1 Å². The van der Waals surface area contributed by atoms with Crippen LogP contribution < -0.4 is 5.32 Å². The van der Waals surface area contributed by atoms with Gasteiger partial charge in [0.15, 0.2) is 5.03 Å². The molecule has 27 heavy (non-hydrogen) atoms. The van der Waals surface area contributed by atoms with Crippen molar-refractivity contribution in [3.05, 3.63) is 90.1 Å². The average Bonchev–Trinajstić information content (AvgIpc) is 2.67. The number of halogens is 1. The Morgan fingerprint density at radius 2 is 1.48 bits per heavy atom. The first-order chi connectivity index (χ1) is 12.9. The van der Waals surface area contributed by atoms with Gasteiger partial charge in [0.25, 0.3) is 9.05 Å². The van der Waals surface area contributed by atoms with E-state index in [2.05, 4.69) is 10.3 Å². The summed E-state index contributed by atoms with van der Waals surface area (Å²) in [5.41, 5.74) is 2.49. The summed E-state index contributed by atoms with van der Waals surface area (Å²) in [6.45, 7) is 0. The zero-order valence-corrected chi connectivity index (χ0v) is 15.8. The van der Waals surface area contributed by atoms with Crippen molar-refractivity contribution in [3.63, 3.8) is 0 Å². The van der Waals surface area contributed by atoms with Gasteiger partial charge in [-0.25, -0.2) is 13.4 Å². The van der Waals surface area contributed by atoms with Crippen LogP contribution in [0.3, 0.4) is 0 Å². The first kappa shape index (κ1) is 19.1. The molecule has 0 saturated carbocycles. The Hall–Kier alpha value is -2.70. The molecule has 5 nitrogen and oxygen atoms in total. The summed E-state index contributed by atoms with van der Waals surface area (Å²) in [4.78, 5) is 16.3. The maximum Gasteiger partial charge on any atom is 0.278 e. The molecule has 0 spiro atoms. The molecule has 3 rings (SSSR count). The molecule has 1 amide bonds. The highest BCUT2D eigenvalue weighted by Crippen LogP contribution is 2.28. The lowest BCUT2D eigenvalue weighted by atomic mass is 9.88. The van der Waals surface area contributed by atoms with E-state index in [-0.39, 0.29) is 23.3 Å². The van der Waals surface area contributed by atoms with E-state index in [4.69, 9.17) is 10.7 Å². The summed E-state index contributed by atoms with van der Waals surface area (Å²) >= 11 is 0. The van der Waals surface area contributed by atoms with Crippen molar-refractivity contribution >= 4 is 31.3 Å². The highest BCUT2D eigenvalue weighted by Gasteiger charge is 2.18. The van der Waals surface area contributed by atoms with Crippen LogP contribution in [0.5, 0.6) is 0 Å². The second kappa shape index (κ2) is 8.33. The SMILES string of the molecule is O=C(CC(c1ccccc1)c1ccccc1)Nc1ccc(S(=O)(=O)Cl)nc1. The van der Waals surface area contributed by atoms with Gasteiger partial charge in [-0.3, -0.25) is 4.79 Å². The number of hydrogen-bond donors (Lipinski definition) is 1. The van der Waals surface area contributed by atoms with E-state index in [9.17, 15) is 13.2 Å². The Morgan fingerprint density at radius 3 is 1.93 bits per heavy atom. The van der Waals surface area contributed by atoms with E-state index in [0.29, 0.717) is 5.69 Å². The van der Waals surface area contributed by atoms with Gasteiger partial charge < -0.3 is 5.32 Å². The molecule has 1 heterocycles. The number of nitrogens with zero attached hydrogens (tertiary/aromatic N) is 1. The highest BCUT2D eigenvalue weighted by molar-refractivity contribution is 8.13. The van der Waals surface area contributed by atoms with Crippen molar-refractivity contribution in [2.75, 3.05) is 5.32 Å². The highest BCUT2D eigenvalue weighted by atomic mass is 35.7. The summed E-state index contributed by atoms with van der Waals surface area (Å²) in [6, 6.07) is 22.3. The van der Waals surface area contributed by atoms with E-state index in [1.54, 1.807) is 0 Å². The van der Waals surface area contributed by atoms with Crippen LogP contribution in [0.15, 0.2) is 84.0 Å². The zero-order valence-electron chi connectivity index (χ0n) is 14.2. The predicted molar refractivity (Wildman–Crippen MR) is 105 cm³/mol. The van der Waals surface area contributed by atoms with Gasteiger partial charge in [-0.15, -0.1) is 0 Å². The lowest BCUT2D eigenvalue weighted by Crippen LogP contribution is -2.16. The molecule has 7 heteroatoms. The number of carbonyl (C=O) groups excluding carboxylic acids is 1. The average molecular weight is 401 g/mol. The Balaban J connectivity index is 1.77. The summed E-state index contributed by atoms with van der Waals surface area (Å²) in [7, 11) is 1.35. The van der Waals surface area contributed by atoms with Gasteiger partial charge in [-0.1, -0.05) is 60.7 Å². The van der Waals surface area contributed by atoms with E-state index >= 15 is 0 Å². The van der Waals surface area contributed by atoms with Crippen molar-refractivity contribution in [2.45, 2.75) is 17.4 Å². The fourth-order valence-corrected chi connectivity index (χ4v) is 3.48. The number of amides is 1. The minimum absolute atomic E-state index is 0.0946. The molecule has 1 N–H and O–H groups in total. The molecule has 0 fully saturated rings. The monoisotopic (exact) mass is 400 g/mol. The third-order valence-electron chi connectivity index (χ3n) is 4.06. The van der Waals surface area contributed by atoms with Crippen molar-refractivity contribution in [1.29, 1.82) is 0 Å². The van der Waals surface area contributed by atoms with Gasteiger partial charge in [-0.2, -0.15) is 0 Å². The lowest BCUT2D eigenvalue weighted by molar-refractivity contribution is -0.116. The van der Waals surface area contributed by atoms with Gasteiger partial charge in [0, 0.05) is 23.0 Å². The lowest BCUT2D eigenvalue weighted by Gasteiger charge is -2.18. The molecule has 0 atom stereocenters. The van der Waals surface area contributed by atoms with Crippen molar-refractivity contribution in [3.8, 4) is 0 Å². The fourth-order valence-electron chi connectivity index (χ4n) is 2.79. The molecule has 1 aromatic heterocycles. The van der Waals surface area contributed by atoms with Gasteiger partial charge in [-0.05, 0) is 23.3 Å². The Morgan fingerprint density at radius 1 is 0.926 bits per heavy atom. The minimum Gasteiger partial charge on any atom is -0.325 e. The Bertz CT molecular complexity index is 969. The normalized spacial score (nSPS) is 11.3. The second-order valence-electron chi connectivity index (χ2n) is 5.95. The molecule has 0 aliphatic carbocycles. The molecule has 138 valence electrons. The van der Waals surface area contributed by atoms with Crippen LogP contribution in [0.2, 0.25) is 0 Å². The van der Waals surface area contributed by atoms with E-state index in [1.807, 2.05) is 60.7 Å². The number of rotatable bonds is 6. The zero-order chi connectivity index (χ0) is 19.3. The third kappa shape index (κ3) is 5.15. The molecule has 0 radical (unpaired) electrons. The summed E-state index contributed by atoms with van der Waals surface area (Å²) in [5.74, 6) is -0.293. The summed E-state index contributed by atoms with van der Waals surface area (Å²) in [5, 5.41) is 2.50. The standard InChI is InChI=1S/C20H17ClN2O3S/c21-27(25,26)20-12-11-17(14-22-20)23-19(24)13-18(15-7-3-1-4-8-15)16-9-5-2-6-10-16/h1-12,14,18H,13H2,(H,23,24). The van der Waals surface area contributed by atoms with Crippen LogP contribution >= 0.6 is 10.7 Å². The quantitative estimate of drug-likeness (QED) is 0.630. The number of benzene rings is 2. The Kier molecular flexibility index (Phi) is 5.88. The van der Waals surface area contributed by atoms with Crippen LogP contribution in [0.1, 0.15) is 23.5 Å². The van der Waals surface area contributed by atoms with Crippen LogP contribution in [-0.2, 0) is 13.8 Å². The van der Waals surface area contributed by atoms with Gasteiger partial charge in [0.2, 0.25) is 5.91 Å².